The zero-order valence-electron chi connectivity index (χ0n) is 12.0. The van der Waals surface area contributed by atoms with Crippen LogP contribution in [-0.4, -0.2) is 24.5 Å². The van der Waals surface area contributed by atoms with Crippen LogP contribution in [0, 0.1) is 16.0 Å². The van der Waals surface area contributed by atoms with Gasteiger partial charge < -0.3 is 10.1 Å². The summed E-state index contributed by atoms with van der Waals surface area (Å²) in [7, 11) is 1.28. The van der Waals surface area contributed by atoms with Gasteiger partial charge in [-0.1, -0.05) is 13.8 Å². The fraction of sp³-hybridized carbons (Fsp3) is 0.500. The Bertz CT molecular complexity index is 486. The number of ether oxygens (including phenoxy) is 1. The van der Waals surface area contributed by atoms with E-state index in [0.717, 1.165) is 12.8 Å². The minimum Gasteiger partial charge on any atom is -0.465 e. The van der Waals surface area contributed by atoms with E-state index >= 15 is 0 Å². The van der Waals surface area contributed by atoms with Crippen LogP contribution in [0.1, 0.15) is 37.0 Å². The Morgan fingerprint density at radius 3 is 2.70 bits per heavy atom. The molecule has 6 heteroatoms. The van der Waals surface area contributed by atoms with Crippen molar-refractivity contribution in [3.8, 4) is 0 Å². The highest BCUT2D eigenvalue weighted by Crippen LogP contribution is 2.26. The summed E-state index contributed by atoms with van der Waals surface area (Å²) < 4.78 is 4.61. The number of nitrogens with zero attached hydrogens (tertiary/aromatic N) is 1. The number of rotatable bonds is 7. The van der Waals surface area contributed by atoms with Gasteiger partial charge in [0.05, 0.1) is 17.6 Å². The predicted octanol–water partition coefficient (Wildman–Crippen LogP) is 3.23. The molecule has 0 saturated heterocycles. The lowest BCUT2D eigenvalue weighted by molar-refractivity contribution is -0.384. The van der Waals surface area contributed by atoms with Crippen molar-refractivity contribution >= 4 is 17.3 Å². The molecule has 0 heterocycles. The van der Waals surface area contributed by atoms with Gasteiger partial charge in [0.1, 0.15) is 5.69 Å². The van der Waals surface area contributed by atoms with Crippen molar-refractivity contribution in [2.75, 3.05) is 19.0 Å². The number of anilines is 1. The second-order valence-electron chi connectivity index (χ2n) is 4.94. The first-order chi connectivity index (χ1) is 9.45. The molecule has 6 nitrogen and oxygen atoms in total. The van der Waals surface area contributed by atoms with Crippen LogP contribution in [0.3, 0.4) is 0 Å². The molecule has 0 unspecified atom stereocenters. The molecule has 0 bridgehead atoms. The van der Waals surface area contributed by atoms with Crippen LogP contribution >= 0.6 is 0 Å². The number of hydrogen-bond donors (Lipinski definition) is 1. The first kappa shape index (κ1) is 15.9. The second-order valence-corrected chi connectivity index (χ2v) is 4.94. The normalized spacial score (nSPS) is 10.4. The summed E-state index contributed by atoms with van der Waals surface area (Å²) in [5, 5.41) is 14.0. The van der Waals surface area contributed by atoms with E-state index in [1.54, 1.807) is 0 Å². The minimum absolute atomic E-state index is 0.0396. The third kappa shape index (κ3) is 4.53. The molecule has 0 spiro atoms. The van der Waals surface area contributed by atoms with Crippen molar-refractivity contribution in [2.45, 2.75) is 26.7 Å². The fourth-order valence-corrected chi connectivity index (χ4v) is 1.82. The van der Waals surface area contributed by atoms with Crippen molar-refractivity contribution in [3.63, 3.8) is 0 Å². The number of methoxy groups -OCH3 is 1. The molecule has 0 aromatic heterocycles. The van der Waals surface area contributed by atoms with Gasteiger partial charge in [0.15, 0.2) is 0 Å². The third-order valence-corrected chi connectivity index (χ3v) is 2.89. The van der Waals surface area contributed by atoms with Crippen molar-refractivity contribution in [1.29, 1.82) is 0 Å². The zero-order valence-corrected chi connectivity index (χ0v) is 12.0. The van der Waals surface area contributed by atoms with Crippen molar-refractivity contribution < 1.29 is 14.5 Å². The molecule has 1 N–H and O–H groups in total. The molecule has 0 aliphatic carbocycles. The van der Waals surface area contributed by atoms with Crippen LogP contribution < -0.4 is 5.32 Å². The molecular formula is C14H20N2O4. The van der Waals surface area contributed by atoms with E-state index in [0.29, 0.717) is 23.7 Å². The molecule has 20 heavy (non-hydrogen) atoms. The number of nitro groups is 1. The lowest BCUT2D eigenvalue weighted by Gasteiger charge is -2.09. The summed E-state index contributed by atoms with van der Waals surface area (Å²) in [6.45, 7) is 4.88. The van der Waals surface area contributed by atoms with E-state index in [-0.39, 0.29) is 5.69 Å². The molecule has 1 aromatic rings. The maximum Gasteiger partial charge on any atom is 0.337 e. The number of nitrogens with one attached hydrogen (secondary N) is 1. The number of hydrogen-bond acceptors (Lipinski definition) is 5. The quantitative estimate of drug-likeness (QED) is 0.359. The predicted molar refractivity (Wildman–Crippen MR) is 77.0 cm³/mol. The van der Waals surface area contributed by atoms with E-state index in [4.69, 9.17) is 0 Å². The number of esters is 1. The number of carbonyl (C=O) groups is 1. The van der Waals surface area contributed by atoms with E-state index in [9.17, 15) is 14.9 Å². The zero-order chi connectivity index (χ0) is 15.1. The van der Waals surface area contributed by atoms with Gasteiger partial charge in [-0.2, -0.15) is 0 Å². The highest BCUT2D eigenvalue weighted by Gasteiger charge is 2.16. The topological polar surface area (TPSA) is 81.5 Å². The highest BCUT2D eigenvalue weighted by molar-refractivity contribution is 5.91. The van der Waals surface area contributed by atoms with Crippen molar-refractivity contribution in [3.05, 3.63) is 33.9 Å². The molecule has 110 valence electrons. The monoisotopic (exact) mass is 280 g/mol. The molecule has 0 saturated carbocycles. The van der Waals surface area contributed by atoms with E-state index in [1.165, 1.54) is 25.3 Å². The first-order valence-electron chi connectivity index (χ1n) is 6.56. The largest absolute Gasteiger partial charge is 0.465 e. The standard InChI is InChI=1S/C14H20N2O4/c1-10(2)5-4-8-15-12-9-11(14(17)20-3)6-7-13(12)16(18)19/h6-7,9-10,15H,4-5,8H2,1-3H3. The van der Waals surface area contributed by atoms with Gasteiger partial charge in [0.2, 0.25) is 0 Å². The number of benzene rings is 1. The van der Waals surface area contributed by atoms with Crippen LogP contribution in [-0.2, 0) is 4.74 Å². The second kappa shape index (κ2) is 7.47. The van der Waals surface area contributed by atoms with Crippen molar-refractivity contribution in [2.24, 2.45) is 5.92 Å². The Morgan fingerprint density at radius 2 is 2.15 bits per heavy atom. The van der Waals surface area contributed by atoms with Gasteiger partial charge >= 0.3 is 5.97 Å². The van der Waals surface area contributed by atoms with E-state index < -0.39 is 10.9 Å². The number of carbonyl (C=O) groups excluding carboxylic acids is 1. The lowest BCUT2D eigenvalue weighted by Crippen LogP contribution is -2.08. The van der Waals surface area contributed by atoms with Gasteiger partial charge in [0.25, 0.3) is 5.69 Å². The van der Waals surface area contributed by atoms with Gasteiger partial charge in [-0.15, -0.1) is 0 Å². The van der Waals surface area contributed by atoms with Crippen LogP contribution in [0.4, 0.5) is 11.4 Å². The van der Waals surface area contributed by atoms with Crippen LogP contribution in [0.25, 0.3) is 0 Å². The average molecular weight is 280 g/mol. The Hall–Kier alpha value is -2.11. The van der Waals surface area contributed by atoms with E-state index in [1.807, 2.05) is 0 Å². The summed E-state index contributed by atoms with van der Waals surface area (Å²) in [5.74, 6) is 0.0818. The molecule has 0 amide bonds. The molecule has 0 atom stereocenters. The van der Waals surface area contributed by atoms with Crippen molar-refractivity contribution in [1.82, 2.24) is 0 Å². The first-order valence-corrected chi connectivity index (χ1v) is 6.56. The Kier molecular flexibility index (Phi) is 5.96. The average Bonchev–Trinajstić information content (AvgIpc) is 2.42. The lowest BCUT2D eigenvalue weighted by atomic mass is 10.1. The third-order valence-electron chi connectivity index (χ3n) is 2.89. The highest BCUT2D eigenvalue weighted by atomic mass is 16.6. The fourth-order valence-electron chi connectivity index (χ4n) is 1.82. The van der Waals surface area contributed by atoms with Crippen LogP contribution in [0.15, 0.2) is 18.2 Å². The summed E-state index contributed by atoms with van der Waals surface area (Å²) >= 11 is 0. The molecule has 0 radical (unpaired) electrons. The molecule has 1 aromatic carbocycles. The Morgan fingerprint density at radius 1 is 1.45 bits per heavy atom. The smallest absolute Gasteiger partial charge is 0.337 e. The SMILES string of the molecule is COC(=O)c1ccc([N+](=O)[O-])c(NCCCC(C)C)c1. The number of nitro benzene ring substituents is 1. The van der Waals surface area contributed by atoms with Gasteiger partial charge in [-0.3, -0.25) is 10.1 Å². The molecular weight excluding hydrogens is 260 g/mol. The Labute approximate surface area is 118 Å². The van der Waals surface area contributed by atoms with Gasteiger partial charge in [-0.25, -0.2) is 4.79 Å². The van der Waals surface area contributed by atoms with Crippen LogP contribution in [0.5, 0.6) is 0 Å². The maximum atomic E-state index is 11.4. The van der Waals surface area contributed by atoms with Gasteiger partial charge in [0, 0.05) is 12.6 Å². The summed E-state index contributed by atoms with van der Waals surface area (Å²) in [6.07, 6.45) is 1.95. The van der Waals surface area contributed by atoms with Gasteiger partial charge in [-0.05, 0) is 30.9 Å². The molecule has 1 rings (SSSR count). The maximum absolute atomic E-state index is 11.4. The van der Waals surface area contributed by atoms with E-state index in [2.05, 4.69) is 23.9 Å². The molecule has 0 aliphatic heterocycles. The summed E-state index contributed by atoms with van der Waals surface area (Å²) in [5.41, 5.74) is 0.605. The summed E-state index contributed by atoms with van der Waals surface area (Å²) in [6, 6.07) is 4.17. The Balaban J connectivity index is 2.83. The molecule has 0 aliphatic rings. The minimum atomic E-state index is -0.509. The summed E-state index contributed by atoms with van der Waals surface area (Å²) in [4.78, 5) is 21.9. The van der Waals surface area contributed by atoms with Crippen LogP contribution in [0.2, 0.25) is 0 Å². The molecule has 0 fully saturated rings.